The molecule has 1 N–H and O–H groups in total. The second-order valence-corrected chi connectivity index (χ2v) is 5.24. The quantitative estimate of drug-likeness (QED) is 0.836. The van der Waals surface area contributed by atoms with Gasteiger partial charge in [0.15, 0.2) is 0 Å². The zero-order valence-electron chi connectivity index (χ0n) is 12.2. The minimum Gasteiger partial charge on any atom is -0.379 e. The van der Waals surface area contributed by atoms with Crippen LogP contribution in [0.3, 0.4) is 0 Å². The van der Waals surface area contributed by atoms with Gasteiger partial charge in [0.05, 0.1) is 24.2 Å². The first-order valence-corrected chi connectivity index (χ1v) is 7.23. The Morgan fingerprint density at radius 3 is 2.95 bits per heavy atom. The number of hydrogen-bond donors (Lipinski definition) is 1. The highest BCUT2D eigenvalue weighted by Gasteiger charge is 2.11. The maximum absolute atomic E-state index is 10.9. The van der Waals surface area contributed by atoms with Gasteiger partial charge >= 0.3 is 0 Å². The third kappa shape index (κ3) is 3.06. The lowest BCUT2D eigenvalue weighted by Crippen LogP contribution is -2.39. The summed E-state index contributed by atoms with van der Waals surface area (Å²) in [5, 5.41) is 3.37. The van der Waals surface area contributed by atoms with Crippen LogP contribution in [0.15, 0.2) is 18.2 Å². The van der Waals surface area contributed by atoms with Crippen LogP contribution in [0.2, 0.25) is 0 Å². The fourth-order valence-corrected chi connectivity index (χ4v) is 2.59. The Balaban J connectivity index is 1.66. The number of benzene rings is 1. The van der Waals surface area contributed by atoms with Crippen molar-refractivity contribution in [2.24, 2.45) is 7.05 Å². The van der Waals surface area contributed by atoms with E-state index in [0.717, 1.165) is 62.7 Å². The minimum absolute atomic E-state index is 0.672. The Kier molecular flexibility index (Phi) is 4.17. The fourth-order valence-electron chi connectivity index (χ4n) is 2.59. The summed E-state index contributed by atoms with van der Waals surface area (Å²) >= 11 is 0. The van der Waals surface area contributed by atoms with Crippen molar-refractivity contribution in [1.82, 2.24) is 14.5 Å². The van der Waals surface area contributed by atoms with Crippen molar-refractivity contribution in [2.75, 3.05) is 44.7 Å². The highest BCUT2D eigenvalue weighted by atomic mass is 16.5. The predicted molar refractivity (Wildman–Crippen MR) is 81.9 cm³/mol. The van der Waals surface area contributed by atoms with E-state index in [0.29, 0.717) is 5.56 Å². The number of aromatic nitrogens is 2. The van der Waals surface area contributed by atoms with Crippen LogP contribution in [0.4, 0.5) is 5.95 Å². The first-order valence-electron chi connectivity index (χ1n) is 7.23. The molecule has 0 saturated carbocycles. The van der Waals surface area contributed by atoms with Gasteiger partial charge < -0.3 is 14.6 Å². The molecule has 1 aliphatic heterocycles. The van der Waals surface area contributed by atoms with Crippen LogP contribution >= 0.6 is 0 Å². The number of aryl methyl sites for hydroxylation is 1. The van der Waals surface area contributed by atoms with Gasteiger partial charge in [0.25, 0.3) is 0 Å². The highest BCUT2D eigenvalue weighted by Crippen LogP contribution is 2.19. The largest absolute Gasteiger partial charge is 0.379 e. The van der Waals surface area contributed by atoms with E-state index in [1.54, 1.807) is 6.07 Å². The van der Waals surface area contributed by atoms with Crippen molar-refractivity contribution in [3.63, 3.8) is 0 Å². The molecule has 0 aliphatic carbocycles. The average Bonchev–Trinajstić information content (AvgIpc) is 2.84. The molecule has 1 aliphatic rings. The monoisotopic (exact) mass is 288 g/mol. The zero-order valence-corrected chi connectivity index (χ0v) is 12.2. The maximum atomic E-state index is 10.9. The lowest BCUT2D eigenvalue weighted by atomic mass is 10.2. The molecule has 2 heterocycles. The summed E-state index contributed by atoms with van der Waals surface area (Å²) in [5.74, 6) is 0.835. The Hall–Kier alpha value is -1.92. The molecule has 1 aromatic heterocycles. The molecule has 0 amide bonds. The molecule has 0 bridgehead atoms. The lowest BCUT2D eigenvalue weighted by molar-refractivity contribution is 0.0398. The lowest BCUT2D eigenvalue weighted by Gasteiger charge is -2.26. The van der Waals surface area contributed by atoms with E-state index in [1.807, 2.05) is 23.7 Å². The van der Waals surface area contributed by atoms with Gasteiger partial charge in [-0.25, -0.2) is 4.98 Å². The second kappa shape index (κ2) is 6.24. The van der Waals surface area contributed by atoms with Crippen molar-refractivity contribution in [3.8, 4) is 0 Å². The molecular weight excluding hydrogens is 268 g/mol. The van der Waals surface area contributed by atoms with Crippen molar-refractivity contribution in [3.05, 3.63) is 23.8 Å². The Labute approximate surface area is 123 Å². The standard InChI is InChI=1S/C15H20N4O2/c1-18-14-10-12(11-20)2-3-13(14)17-15(18)16-4-5-19-6-8-21-9-7-19/h2-3,10-11H,4-9H2,1H3,(H,16,17). The molecule has 21 heavy (non-hydrogen) atoms. The molecule has 6 heteroatoms. The fraction of sp³-hybridized carbons (Fsp3) is 0.467. The Morgan fingerprint density at radius 2 is 2.19 bits per heavy atom. The van der Waals surface area contributed by atoms with E-state index in [-0.39, 0.29) is 0 Å². The minimum atomic E-state index is 0.672. The number of rotatable bonds is 5. The van der Waals surface area contributed by atoms with E-state index in [9.17, 15) is 4.79 Å². The van der Waals surface area contributed by atoms with Crippen LogP contribution in [0.5, 0.6) is 0 Å². The van der Waals surface area contributed by atoms with Gasteiger partial charge in [0.1, 0.15) is 6.29 Å². The van der Waals surface area contributed by atoms with Crippen LogP contribution in [-0.2, 0) is 11.8 Å². The number of anilines is 1. The molecule has 112 valence electrons. The number of aldehydes is 1. The number of morpholine rings is 1. The van der Waals surface area contributed by atoms with E-state index >= 15 is 0 Å². The van der Waals surface area contributed by atoms with Gasteiger partial charge in [0.2, 0.25) is 5.95 Å². The van der Waals surface area contributed by atoms with Crippen LogP contribution < -0.4 is 5.32 Å². The topological polar surface area (TPSA) is 59.4 Å². The van der Waals surface area contributed by atoms with Crippen molar-refractivity contribution >= 4 is 23.3 Å². The van der Waals surface area contributed by atoms with E-state index in [1.165, 1.54) is 0 Å². The summed E-state index contributed by atoms with van der Waals surface area (Å²) < 4.78 is 7.33. The van der Waals surface area contributed by atoms with Crippen LogP contribution in [0.1, 0.15) is 10.4 Å². The van der Waals surface area contributed by atoms with Crippen LogP contribution in [-0.4, -0.2) is 60.1 Å². The summed E-state index contributed by atoms with van der Waals surface area (Å²) in [6.45, 7) is 5.45. The molecule has 0 unspecified atom stereocenters. The summed E-state index contributed by atoms with van der Waals surface area (Å²) in [6, 6.07) is 5.54. The molecule has 3 rings (SSSR count). The summed E-state index contributed by atoms with van der Waals surface area (Å²) in [4.78, 5) is 17.8. The van der Waals surface area contributed by atoms with Gasteiger partial charge in [-0.3, -0.25) is 9.69 Å². The number of carbonyl (C=O) groups excluding carboxylic acids is 1. The summed E-state index contributed by atoms with van der Waals surface area (Å²) in [5.41, 5.74) is 2.54. The number of carbonyl (C=O) groups is 1. The SMILES string of the molecule is Cn1c(NCCN2CCOCC2)nc2ccc(C=O)cc21. The number of nitrogens with one attached hydrogen (secondary N) is 1. The Bertz CT molecular complexity index is 632. The molecule has 1 fully saturated rings. The van der Waals surface area contributed by atoms with Crippen molar-refractivity contribution in [2.45, 2.75) is 0 Å². The summed E-state index contributed by atoms with van der Waals surface area (Å²) in [7, 11) is 1.96. The number of nitrogens with zero attached hydrogens (tertiary/aromatic N) is 3. The molecule has 0 radical (unpaired) electrons. The third-order valence-electron chi connectivity index (χ3n) is 3.86. The van der Waals surface area contributed by atoms with Crippen molar-refractivity contribution < 1.29 is 9.53 Å². The molecule has 1 aromatic carbocycles. The zero-order chi connectivity index (χ0) is 14.7. The number of fused-ring (bicyclic) bond motifs is 1. The van der Waals surface area contributed by atoms with Gasteiger partial charge in [0, 0.05) is 38.8 Å². The average molecular weight is 288 g/mol. The third-order valence-corrected chi connectivity index (χ3v) is 3.86. The molecule has 0 atom stereocenters. The summed E-state index contributed by atoms with van der Waals surface area (Å²) in [6.07, 6.45) is 0.859. The normalized spacial score (nSPS) is 16.2. The predicted octanol–water partition coefficient (Wildman–Crippen LogP) is 1.13. The van der Waals surface area contributed by atoms with Gasteiger partial charge in [-0.05, 0) is 18.2 Å². The molecule has 2 aromatic rings. The van der Waals surface area contributed by atoms with Crippen LogP contribution in [0, 0.1) is 0 Å². The van der Waals surface area contributed by atoms with E-state index in [4.69, 9.17) is 4.74 Å². The first kappa shape index (κ1) is 14.0. The Morgan fingerprint density at radius 1 is 1.38 bits per heavy atom. The number of ether oxygens (including phenoxy) is 1. The number of imidazole rings is 1. The number of hydrogen-bond acceptors (Lipinski definition) is 5. The smallest absolute Gasteiger partial charge is 0.203 e. The van der Waals surface area contributed by atoms with Crippen molar-refractivity contribution in [1.29, 1.82) is 0 Å². The maximum Gasteiger partial charge on any atom is 0.203 e. The second-order valence-electron chi connectivity index (χ2n) is 5.24. The van der Waals surface area contributed by atoms with Crippen LogP contribution in [0.25, 0.3) is 11.0 Å². The van der Waals surface area contributed by atoms with E-state index < -0.39 is 0 Å². The highest BCUT2D eigenvalue weighted by molar-refractivity contribution is 5.86. The molecule has 1 saturated heterocycles. The van der Waals surface area contributed by atoms with Gasteiger partial charge in [-0.2, -0.15) is 0 Å². The molecule has 0 spiro atoms. The van der Waals surface area contributed by atoms with E-state index in [2.05, 4.69) is 15.2 Å². The van der Waals surface area contributed by atoms with Gasteiger partial charge in [-0.1, -0.05) is 0 Å². The van der Waals surface area contributed by atoms with Gasteiger partial charge in [-0.15, -0.1) is 0 Å². The molecular formula is C15H20N4O2. The first-order chi connectivity index (χ1) is 10.3. The molecule has 6 nitrogen and oxygen atoms in total.